The van der Waals surface area contributed by atoms with Gasteiger partial charge in [0.2, 0.25) is 5.91 Å². The van der Waals surface area contributed by atoms with E-state index in [1.165, 1.54) is 11.1 Å². The highest BCUT2D eigenvalue weighted by Crippen LogP contribution is 2.38. The molecule has 4 heteroatoms. The second-order valence-electron chi connectivity index (χ2n) is 5.86. The molecule has 1 aliphatic heterocycles. The van der Waals surface area contributed by atoms with Crippen LogP contribution in [-0.4, -0.2) is 15.7 Å². The van der Waals surface area contributed by atoms with Crippen molar-refractivity contribution in [3.8, 4) is 5.69 Å². The Balaban J connectivity index is 1.85. The van der Waals surface area contributed by atoms with Crippen LogP contribution < -0.4 is 5.32 Å². The van der Waals surface area contributed by atoms with E-state index < -0.39 is 0 Å². The Hall–Kier alpha value is -2.88. The van der Waals surface area contributed by atoms with Crippen molar-refractivity contribution < 1.29 is 4.79 Å². The van der Waals surface area contributed by atoms with Crippen LogP contribution in [0, 0.1) is 6.92 Å². The molecule has 0 bridgehead atoms. The third-order valence-electron chi connectivity index (χ3n) is 4.38. The molecule has 1 N–H and O–H groups in total. The summed E-state index contributed by atoms with van der Waals surface area (Å²) in [5, 5.41) is 7.50. The van der Waals surface area contributed by atoms with Gasteiger partial charge >= 0.3 is 0 Å². The lowest BCUT2D eigenvalue weighted by Gasteiger charge is -2.25. The van der Waals surface area contributed by atoms with Crippen molar-refractivity contribution in [2.75, 3.05) is 5.32 Å². The number of nitrogens with zero attached hydrogens (tertiary/aromatic N) is 2. The van der Waals surface area contributed by atoms with Crippen molar-refractivity contribution in [2.24, 2.45) is 0 Å². The van der Waals surface area contributed by atoms with Gasteiger partial charge in [-0.1, -0.05) is 42.5 Å². The molecule has 0 saturated carbocycles. The van der Waals surface area contributed by atoms with Gasteiger partial charge in [0.1, 0.15) is 5.82 Å². The van der Waals surface area contributed by atoms with Gasteiger partial charge in [0, 0.05) is 17.9 Å². The third-order valence-corrected chi connectivity index (χ3v) is 4.38. The molecule has 4 nitrogen and oxygen atoms in total. The molecule has 2 aromatic carbocycles. The Kier molecular flexibility index (Phi) is 3.23. The van der Waals surface area contributed by atoms with E-state index in [4.69, 9.17) is 0 Å². The molecule has 0 radical (unpaired) electrons. The number of rotatable bonds is 2. The average molecular weight is 303 g/mol. The Bertz CT molecular complexity index is 867. The number of carbonyl (C=O) groups excluding carboxylic acids is 1. The summed E-state index contributed by atoms with van der Waals surface area (Å²) in [5.74, 6) is 0.863. The maximum atomic E-state index is 12.3. The molecule has 114 valence electrons. The summed E-state index contributed by atoms with van der Waals surface area (Å²) in [4.78, 5) is 12.3. The zero-order valence-electron chi connectivity index (χ0n) is 12.9. The number of fused-ring (bicyclic) bond motifs is 1. The van der Waals surface area contributed by atoms with E-state index in [9.17, 15) is 4.79 Å². The van der Waals surface area contributed by atoms with Crippen molar-refractivity contribution in [3.05, 3.63) is 77.5 Å². The highest BCUT2D eigenvalue weighted by atomic mass is 16.1. The quantitative estimate of drug-likeness (QED) is 0.785. The molecule has 0 saturated heterocycles. The van der Waals surface area contributed by atoms with Crippen molar-refractivity contribution in [1.29, 1.82) is 0 Å². The van der Waals surface area contributed by atoms with Gasteiger partial charge in [-0.2, -0.15) is 5.10 Å². The molecule has 4 rings (SSSR count). The van der Waals surface area contributed by atoms with E-state index in [0.717, 1.165) is 17.1 Å². The lowest BCUT2D eigenvalue weighted by molar-refractivity contribution is -0.116. The van der Waals surface area contributed by atoms with Crippen LogP contribution in [0.2, 0.25) is 0 Å². The lowest BCUT2D eigenvalue weighted by Crippen LogP contribution is -2.24. The molecule has 1 aliphatic rings. The minimum Gasteiger partial charge on any atom is -0.310 e. The van der Waals surface area contributed by atoms with Crippen molar-refractivity contribution in [1.82, 2.24) is 9.78 Å². The molecule has 1 atom stereocenters. The minimum atomic E-state index is 0.0310. The Morgan fingerprint density at radius 2 is 1.78 bits per heavy atom. The fourth-order valence-electron chi connectivity index (χ4n) is 3.24. The van der Waals surface area contributed by atoms with Crippen LogP contribution in [0.25, 0.3) is 5.69 Å². The third kappa shape index (κ3) is 2.32. The fourth-order valence-corrected chi connectivity index (χ4v) is 3.24. The van der Waals surface area contributed by atoms with Crippen molar-refractivity contribution in [3.63, 3.8) is 0 Å². The Morgan fingerprint density at radius 3 is 2.57 bits per heavy atom. The molecule has 2 heterocycles. The first kappa shape index (κ1) is 13.8. The van der Waals surface area contributed by atoms with Crippen LogP contribution in [0.3, 0.4) is 0 Å². The number of benzene rings is 2. The smallest absolute Gasteiger partial charge is 0.226 e. The summed E-state index contributed by atoms with van der Waals surface area (Å²) in [5.41, 5.74) is 4.41. The van der Waals surface area contributed by atoms with Gasteiger partial charge in [0.25, 0.3) is 0 Å². The predicted octanol–water partition coefficient (Wildman–Crippen LogP) is 3.65. The first-order valence-electron chi connectivity index (χ1n) is 7.73. The molecule has 23 heavy (non-hydrogen) atoms. The minimum absolute atomic E-state index is 0.0310. The molecular formula is C19H17N3O. The molecule has 0 spiro atoms. The maximum Gasteiger partial charge on any atom is 0.226 e. The zero-order chi connectivity index (χ0) is 15.8. The molecule has 0 fully saturated rings. The van der Waals surface area contributed by atoms with Crippen LogP contribution in [0.15, 0.2) is 60.8 Å². The van der Waals surface area contributed by atoms with Gasteiger partial charge in [-0.3, -0.25) is 4.79 Å². The number of amides is 1. The Labute approximate surface area is 134 Å². The topological polar surface area (TPSA) is 46.9 Å². The van der Waals surface area contributed by atoms with Crippen LogP contribution in [0.5, 0.6) is 0 Å². The fraction of sp³-hybridized carbons (Fsp3) is 0.158. The van der Waals surface area contributed by atoms with Gasteiger partial charge in [0.15, 0.2) is 0 Å². The number of nitrogens with one attached hydrogen (secondary N) is 1. The van der Waals surface area contributed by atoms with Crippen molar-refractivity contribution in [2.45, 2.75) is 19.3 Å². The molecule has 3 aromatic rings. The van der Waals surface area contributed by atoms with E-state index in [-0.39, 0.29) is 11.8 Å². The van der Waals surface area contributed by atoms with Crippen LogP contribution >= 0.6 is 0 Å². The van der Waals surface area contributed by atoms with Gasteiger partial charge in [-0.25, -0.2) is 4.68 Å². The van der Waals surface area contributed by atoms with Gasteiger partial charge in [-0.15, -0.1) is 0 Å². The summed E-state index contributed by atoms with van der Waals surface area (Å²) in [7, 11) is 0. The zero-order valence-corrected chi connectivity index (χ0v) is 12.9. The monoisotopic (exact) mass is 303 g/mol. The number of para-hydroxylation sites is 1. The number of anilines is 1. The lowest BCUT2D eigenvalue weighted by atomic mass is 9.85. The molecule has 1 aromatic heterocycles. The SMILES string of the molecule is Cc1ccccc1C1CC(=O)Nc2c1cnn2-c1ccccc1. The van der Waals surface area contributed by atoms with E-state index in [2.05, 4.69) is 29.5 Å². The van der Waals surface area contributed by atoms with E-state index in [1.54, 1.807) is 4.68 Å². The number of aryl methyl sites for hydroxylation is 1. The predicted molar refractivity (Wildman–Crippen MR) is 89.8 cm³/mol. The summed E-state index contributed by atoms with van der Waals surface area (Å²) in [6, 6.07) is 18.1. The van der Waals surface area contributed by atoms with Gasteiger partial charge in [0.05, 0.1) is 11.9 Å². The molecule has 1 amide bonds. The highest BCUT2D eigenvalue weighted by Gasteiger charge is 2.30. The van der Waals surface area contributed by atoms with Crippen LogP contribution in [-0.2, 0) is 4.79 Å². The van der Waals surface area contributed by atoms with Crippen molar-refractivity contribution >= 4 is 11.7 Å². The number of hydrogen-bond donors (Lipinski definition) is 1. The average Bonchev–Trinajstić information content (AvgIpc) is 2.99. The normalized spacial score (nSPS) is 16.7. The van der Waals surface area contributed by atoms with Gasteiger partial charge in [-0.05, 0) is 30.2 Å². The van der Waals surface area contributed by atoms with E-state index in [0.29, 0.717) is 6.42 Å². The second kappa shape index (κ2) is 5.39. The maximum absolute atomic E-state index is 12.3. The first-order chi connectivity index (χ1) is 11.2. The summed E-state index contributed by atoms with van der Waals surface area (Å²) in [6.45, 7) is 2.09. The summed E-state index contributed by atoms with van der Waals surface area (Å²) >= 11 is 0. The highest BCUT2D eigenvalue weighted by molar-refractivity contribution is 5.94. The molecule has 1 unspecified atom stereocenters. The summed E-state index contributed by atoms with van der Waals surface area (Å²) in [6.07, 6.45) is 2.33. The number of hydrogen-bond acceptors (Lipinski definition) is 2. The number of aromatic nitrogens is 2. The largest absolute Gasteiger partial charge is 0.310 e. The summed E-state index contributed by atoms with van der Waals surface area (Å²) < 4.78 is 1.80. The van der Waals surface area contributed by atoms with Crippen LogP contribution in [0.4, 0.5) is 5.82 Å². The first-order valence-corrected chi connectivity index (χ1v) is 7.73. The molecular weight excluding hydrogens is 286 g/mol. The number of carbonyl (C=O) groups is 1. The molecule has 0 aliphatic carbocycles. The Morgan fingerprint density at radius 1 is 1.04 bits per heavy atom. The van der Waals surface area contributed by atoms with Crippen LogP contribution in [0.1, 0.15) is 29.0 Å². The second-order valence-corrected chi connectivity index (χ2v) is 5.86. The standard InChI is InChI=1S/C19H17N3O/c1-13-7-5-6-10-15(13)16-11-18(23)21-19-17(16)12-20-22(19)14-8-3-2-4-9-14/h2-10,12,16H,11H2,1H3,(H,21,23). The van der Waals surface area contributed by atoms with E-state index in [1.807, 2.05) is 48.7 Å². The van der Waals surface area contributed by atoms with Gasteiger partial charge < -0.3 is 5.32 Å². The van der Waals surface area contributed by atoms with E-state index >= 15 is 0 Å².